The van der Waals surface area contributed by atoms with Crippen LogP contribution in [0.25, 0.3) is 0 Å². The van der Waals surface area contributed by atoms with E-state index in [1.807, 2.05) is 0 Å². The third-order valence-corrected chi connectivity index (χ3v) is 9.51. The molecule has 2 aromatic carbocycles. The van der Waals surface area contributed by atoms with E-state index in [-0.39, 0.29) is 52.4 Å². The quantitative estimate of drug-likeness (QED) is 0.462. The van der Waals surface area contributed by atoms with Gasteiger partial charge in [-0.15, -0.1) is 4.40 Å². The lowest BCUT2D eigenvalue weighted by molar-refractivity contribution is -0.133. The number of fused-ring (bicyclic) bond motifs is 1. The number of anilines is 2. The first-order chi connectivity index (χ1) is 18.8. The van der Waals surface area contributed by atoms with E-state index >= 15 is 0 Å². The van der Waals surface area contributed by atoms with Gasteiger partial charge in [0.05, 0.1) is 11.9 Å². The van der Waals surface area contributed by atoms with Gasteiger partial charge >= 0.3 is 0 Å². The van der Waals surface area contributed by atoms with E-state index in [4.69, 9.17) is 0 Å². The number of nitrogens with zero attached hydrogens (tertiary/aromatic N) is 2. The molecule has 1 amide bonds. The monoisotopic (exact) mass is 590 g/mol. The molecule has 40 heavy (non-hydrogen) atoms. The van der Waals surface area contributed by atoms with Crippen LogP contribution in [0.15, 0.2) is 63.1 Å². The molecular formula is C27H31FN4O6S2. The summed E-state index contributed by atoms with van der Waals surface area (Å²) >= 11 is 0. The number of amides is 1. The Morgan fingerprint density at radius 2 is 1.82 bits per heavy atom. The SMILES string of the molecule is CC1(Cc2ccc(F)cc2)CN(C2CCCCC2)C(=O)C(C2=NS(=O)(=O)c3cc(NS(C)(=O)=O)ccc3N2)=C1O. The zero-order valence-corrected chi connectivity index (χ0v) is 23.8. The zero-order chi connectivity index (χ0) is 28.9. The van der Waals surface area contributed by atoms with Crippen molar-refractivity contribution in [1.29, 1.82) is 0 Å². The second-order valence-corrected chi connectivity index (χ2v) is 14.3. The highest BCUT2D eigenvalue weighted by Crippen LogP contribution is 2.41. The van der Waals surface area contributed by atoms with Gasteiger partial charge in [-0.25, -0.2) is 12.8 Å². The van der Waals surface area contributed by atoms with Crippen molar-refractivity contribution in [2.45, 2.75) is 56.4 Å². The Morgan fingerprint density at radius 3 is 2.48 bits per heavy atom. The Bertz CT molecular complexity index is 1630. The number of hydrogen-bond donors (Lipinski definition) is 3. The molecule has 214 valence electrons. The number of rotatable bonds is 6. The Balaban J connectivity index is 1.59. The maximum atomic E-state index is 13.9. The average Bonchev–Trinajstić information content (AvgIpc) is 2.88. The summed E-state index contributed by atoms with van der Waals surface area (Å²) in [6.45, 7) is 2.00. The Hall–Kier alpha value is -3.45. The third kappa shape index (κ3) is 5.57. The minimum atomic E-state index is -4.38. The molecule has 1 saturated carbocycles. The molecule has 2 aromatic rings. The van der Waals surface area contributed by atoms with Gasteiger partial charge < -0.3 is 15.3 Å². The lowest BCUT2D eigenvalue weighted by atomic mass is 9.75. The number of benzene rings is 2. The van der Waals surface area contributed by atoms with Crippen molar-refractivity contribution < 1.29 is 31.1 Å². The molecule has 1 fully saturated rings. The molecular weight excluding hydrogens is 559 g/mol. The van der Waals surface area contributed by atoms with Crippen molar-refractivity contribution in [3.63, 3.8) is 0 Å². The number of sulfonamides is 2. The smallest absolute Gasteiger partial charge is 0.286 e. The Kier molecular flexibility index (Phi) is 7.15. The molecule has 3 N–H and O–H groups in total. The lowest BCUT2D eigenvalue weighted by Gasteiger charge is -2.45. The van der Waals surface area contributed by atoms with Gasteiger partial charge in [0.15, 0.2) is 5.84 Å². The van der Waals surface area contributed by atoms with Crippen molar-refractivity contribution in [2.75, 3.05) is 22.8 Å². The van der Waals surface area contributed by atoms with E-state index in [0.717, 1.165) is 50.0 Å². The van der Waals surface area contributed by atoms with Crippen LogP contribution in [0.5, 0.6) is 0 Å². The van der Waals surface area contributed by atoms with Gasteiger partial charge in [0.1, 0.15) is 22.0 Å². The highest BCUT2D eigenvalue weighted by molar-refractivity contribution is 7.92. The molecule has 0 aromatic heterocycles. The van der Waals surface area contributed by atoms with Crippen molar-refractivity contribution in [1.82, 2.24) is 4.90 Å². The minimum Gasteiger partial charge on any atom is -0.511 e. The molecule has 10 nitrogen and oxygen atoms in total. The highest BCUT2D eigenvalue weighted by atomic mass is 32.2. The third-order valence-electron chi connectivity index (χ3n) is 7.59. The van der Waals surface area contributed by atoms with Crippen LogP contribution < -0.4 is 10.0 Å². The van der Waals surface area contributed by atoms with Crippen LogP contribution in [0.1, 0.15) is 44.6 Å². The predicted octanol–water partition coefficient (Wildman–Crippen LogP) is 3.95. The fraction of sp³-hybridized carbons (Fsp3) is 0.407. The first-order valence-corrected chi connectivity index (χ1v) is 16.3. The maximum Gasteiger partial charge on any atom is 0.286 e. The molecule has 0 bridgehead atoms. The van der Waals surface area contributed by atoms with Gasteiger partial charge in [0, 0.05) is 23.7 Å². The summed E-state index contributed by atoms with van der Waals surface area (Å²) in [5, 5.41) is 14.5. The molecule has 2 aliphatic heterocycles. The molecule has 1 unspecified atom stereocenters. The van der Waals surface area contributed by atoms with Gasteiger partial charge in [-0.05, 0) is 55.2 Å². The summed E-state index contributed by atoms with van der Waals surface area (Å²) in [6, 6.07) is 9.72. The molecule has 0 radical (unpaired) electrons. The largest absolute Gasteiger partial charge is 0.511 e. The average molecular weight is 591 g/mol. The van der Waals surface area contributed by atoms with E-state index in [1.54, 1.807) is 24.0 Å². The number of halogens is 1. The number of aliphatic hydroxyl groups excluding tert-OH is 1. The first-order valence-electron chi connectivity index (χ1n) is 13.0. The Morgan fingerprint density at radius 1 is 1.15 bits per heavy atom. The van der Waals surface area contributed by atoms with Gasteiger partial charge in [-0.1, -0.05) is 38.3 Å². The number of aliphatic hydroxyl groups is 1. The summed E-state index contributed by atoms with van der Waals surface area (Å²) in [6.07, 6.45) is 5.79. The summed E-state index contributed by atoms with van der Waals surface area (Å²) in [7, 11) is -8.03. The van der Waals surface area contributed by atoms with Gasteiger partial charge in [-0.2, -0.15) is 8.42 Å². The fourth-order valence-corrected chi connectivity index (χ4v) is 7.41. The number of carbonyl (C=O) groups is 1. The van der Waals surface area contributed by atoms with Crippen LogP contribution in [-0.2, 0) is 31.3 Å². The normalized spacial score (nSPS) is 23.3. The summed E-state index contributed by atoms with van der Waals surface area (Å²) in [5.74, 6) is -1.50. The fourth-order valence-electron chi connectivity index (χ4n) is 5.71. The second kappa shape index (κ2) is 10.2. The van der Waals surface area contributed by atoms with E-state index in [0.29, 0.717) is 0 Å². The summed E-state index contributed by atoms with van der Waals surface area (Å²) < 4.78 is 69.4. The minimum absolute atomic E-state index is 0.0384. The number of nitrogens with one attached hydrogen (secondary N) is 2. The predicted molar refractivity (Wildman–Crippen MR) is 150 cm³/mol. The van der Waals surface area contributed by atoms with Crippen LogP contribution in [0.2, 0.25) is 0 Å². The molecule has 5 rings (SSSR count). The van der Waals surface area contributed by atoms with Crippen molar-refractivity contribution in [3.05, 3.63) is 65.2 Å². The van der Waals surface area contributed by atoms with E-state index in [1.165, 1.54) is 24.3 Å². The molecule has 13 heteroatoms. The standard InChI is InChI=1S/C27H31FN4O6S2/c1-27(15-17-8-10-18(28)11-9-17)16-32(20-6-4-3-5-7-20)26(34)23(24(27)33)25-29-21-13-12-19(30-39(2,35)36)14-22(21)40(37,38)31-25/h8-14,20,30,33H,3-7,15-16H2,1-2H3,(H,29,31). The lowest BCUT2D eigenvalue weighted by Crippen LogP contribution is -2.54. The molecule has 0 saturated heterocycles. The van der Waals surface area contributed by atoms with Crippen LogP contribution in [-0.4, -0.2) is 57.4 Å². The summed E-state index contributed by atoms with van der Waals surface area (Å²) in [4.78, 5) is 15.4. The van der Waals surface area contributed by atoms with E-state index in [9.17, 15) is 31.1 Å². The maximum absolute atomic E-state index is 13.9. The van der Waals surface area contributed by atoms with Crippen LogP contribution >= 0.6 is 0 Å². The van der Waals surface area contributed by atoms with Crippen molar-refractivity contribution in [3.8, 4) is 0 Å². The van der Waals surface area contributed by atoms with Crippen LogP contribution in [0.3, 0.4) is 0 Å². The van der Waals surface area contributed by atoms with Crippen molar-refractivity contribution in [2.24, 2.45) is 9.81 Å². The van der Waals surface area contributed by atoms with Gasteiger partial charge in [0.25, 0.3) is 15.9 Å². The highest BCUT2D eigenvalue weighted by Gasteiger charge is 2.47. The zero-order valence-electron chi connectivity index (χ0n) is 22.1. The molecule has 1 atom stereocenters. The number of amidine groups is 1. The second-order valence-electron chi connectivity index (χ2n) is 10.9. The Labute approximate surface area is 233 Å². The molecule has 1 aliphatic carbocycles. The number of hydrogen-bond acceptors (Lipinski definition) is 7. The topological polar surface area (TPSA) is 145 Å². The number of carbonyl (C=O) groups excluding carboxylic acids is 1. The van der Waals surface area contributed by atoms with E-state index < -0.39 is 37.2 Å². The van der Waals surface area contributed by atoms with Gasteiger partial charge in [-0.3, -0.25) is 9.52 Å². The van der Waals surface area contributed by atoms with Gasteiger partial charge in [0.2, 0.25) is 10.0 Å². The van der Waals surface area contributed by atoms with Crippen LogP contribution in [0, 0.1) is 11.2 Å². The van der Waals surface area contributed by atoms with Crippen molar-refractivity contribution >= 4 is 43.2 Å². The van der Waals surface area contributed by atoms with E-state index in [2.05, 4.69) is 14.4 Å². The van der Waals surface area contributed by atoms with Crippen LogP contribution in [0.4, 0.5) is 15.8 Å². The molecule has 0 spiro atoms. The molecule has 3 aliphatic rings. The molecule has 2 heterocycles. The first kappa shape index (κ1) is 28.1. The summed E-state index contributed by atoms with van der Waals surface area (Å²) in [5.41, 5.74) is -0.358.